The zero-order valence-corrected chi connectivity index (χ0v) is 12.9. The van der Waals surface area contributed by atoms with Crippen molar-refractivity contribution >= 4 is 5.78 Å². The smallest absolute Gasteiger partial charge is 0.161 e. The molecule has 0 aliphatic carbocycles. The minimum atomic E-state index is 0.0622. The molecule has 21 heavy (non-hydrogen) atoms. The van der Waals surface area contributed by atoms with Crippen molar-refractivity contribution in [2.75, 3.05) is 13.2 Å². The van der Waals surface area contributed by atoms with Crippen LogP contribution in [0.1, 0.15) is 32.8 Å². The number of phenolic OH excluding ortho intramolecular Hbond substituents is 1. The van der Waals surface area contributed by atoms with E-state index in [0.717, 1.165) is 18.4 Å². The number of carbonyl (C=O) groups excluding carboxylic acids is 1. The van der Waals surface area contributed by atoms with Crippen LogP contribution in [0.15, 0.2) is 18.2 Å². The van der Waals surface area contributed by atoms with Gasteiger partial charge in [0.25, 0.3) is 0 Å². The van der Waals surface area contributed by atoms with Gasteiger partial charge in [-0.3, -0.25) is 4.79 Å². The predicted octanol–water partition coefficient (Wildman–Crippen LogP) is 2.42. The SMILES string of the molecule is CC#N.CC(=O)C(C)CCc1ccc(O)c(OCCN)c1. The largest absolute Gasteiger partial charge is 0.504 e. The summed E-state index contributed by atoms with van der Waals surface area (Å²) in [4.78, 5) is 11.1. The van der Waals surface area contributed by atoms with E-state index in [2.05, 4.69) is 0 Å². The Morgan fingerprint density at radius 2 is 2.14 bits per heavy atom. The molecule has 1 atom stereocenters. The number of hydrogen-bond donors (Lipinski definition) is 2. The number of nitriles is 1. The van der Waals surface area contributed by atoms with Crippen LogP contribution >= 0.6 is 0 Å². The maximum atomic E-state index is 11.1. The molecule has 0 spiro atoms. The first-order valence-electron chi connectivity index (χ1n) is 6.92. The van der Waals surface area contributed by atoms with E-state index in [4.69, 9.17) is 15.7 Å². The molecule has 1 rings (SSSR count). The van der Waals surface area contributed by atoms with Crippen LogP contribution in [0.5, 0.6) is 11.5 Å². The highest BCUT2D eigenvalue weighted by atomic mass is 16.5. The van der Waals surface area contributed by atoms with Crippen molar-refractivity contribution in [3.8, 4) is 17.6 Å². The molecule has 116 valence electrons. The Balaban J connectivity index is 0.00000122. The van der Waals surface area contributed by atoms with E-state index in [0.29, 0.717) is 18.9 Å². The molecule has 0 saturated heterocycles. The van der Waals surface area contributed by atoms with Gasteiger partial charge in [-0.2, -0.15) is 5.26 Å². The van der Waals surface area contributed by atoms with Gasteiger partial charge in [-0.15, -0.1) is 0 Å². The summed E-state index contributed by atoms with van der Waals surface area (Å²) in [6, 6.07) is 7.01. The summed E-state index contributed by atoms with van der Waals surface area (Å²) in [6.07, 6.45) is 1.59. The summed E-state index contributed by atoms with van der Waals surface area (Å²) < 4.78 is 5.34. The molecule has 3 N–H and O–H groups in total. The fourth-order valence-corrected chi connectivity index (χ4v) is 1.58. The number of ether oxygens (including phenoxy) is 1. The lowest BCUT2D eigenvalue weighted by molar-refractivity contribution is -0.120. The number of aryl methyl sites for hydroxylation is 1. The van der Waals surface area contributed by atoms with Crippen molar-refractivity contribution in [3.63, 3.8) is 0 Å². The molecule has 0 bridgehead atoms. The van der Waals surface area contributed by atoms with Gasteiger partial charge >= 0.3 is 0 Å². The topological polar surface area (TPSA) is 96.3 Å². The molecule has 1 unspecified atom stereocenters. The minimum Gasteiger partial charge on any atom is -0.504 e. The average Bonchev–Trinajstić information content (AvgIpc) is 2.45. The van der Waals surface area contributed by atoms with Gasteiger partial charge in [0.1, 0.15) is 12.4 Å². The van der Waals surface area contributed by atoms with E-state index in [9.17, 15) is 9.90 Å². The Labute approximate surface area is 126 Å². The molecule has 1 aromatic carbocycles. The third-order valence-corrected chi connectivity index (χ3v) is 2.96. The third-order valence-electron chi connectivity index (χ3n) is 2.96. The Morgan fingerprint density at radius 1 is 1.52 bits per heavy atom. The first-order valence-corrected chi connectivity index (χ1v) is 6.92. The molecular formula is C16H24N2O3. The summed E-state index contributed by atoms with van der Waals surface area (Å²) >= 11 is 0. The number of nitrogens with zero attached hydrogens (tertiary/aromatic N) is 1. The number of hydrogen-bond acceptors (Lipinski definition) is 5. The van der Waals surface area contributed by atoms with Gasteiger partial charge < -0.3 is 15.6 Å². The van der Waals surface area contributed by atoms with Gasteiger partial charge in [0.05, 0.1) is 6.07 Å². The summed E-state index contributed by atoms with van der Waals surface area (Å²) in [7, 11) is 0. The molecule has 1 aromatic rings. The lowest BCUT2D eigenvalue weighted by atomic mass is 9.98. The van der Waals surface area contributed by atoms with Gasteiger partial charge in [0.15, 0.2) is 11.5 Å². The molecule has 0 radical (unpaired) electrons. The van der Waals surface area contributed by atoms with Gasteiger partial charge in [0, 0.05) is 19.4 Å². The Hall–Kier alpha value is -2.06. The lowest BCUT2D eigenvalue weighted by Crippen LogP contribution is -2.11. The minimum absolute atomic E-state index is 0.0622. The van der Waals surface area contributed by atoms with Crippen LogP contribution in [0.3, 0.4) is 0 Å². The quantitative estimate of drug-likeness (QED) is 0.804. The number of Topliss-reactive ketones (excluding diaryl/α,β-unsaturated/α-hetero) is 1. The number of benzene rings is 1. The maximum Gasteiger partial charge on any atom is 0.161 e. The Bertz CT molecular complexity index is 481. The van der Waals surface area contributed by atoms with E-state index < -0.39 is 0 Å². The monoisotopic (exact) mass is 292 g/mol. The van der Waals surface area contributed by atoms with E-state index in [1.54, 1.807) is 25.1 Å². The predicted molar refractivity (Wildman–Crippen MR) is 82.1 cm³/mol. The van der Waals surface area contributed by atoms with Crippen molar-refractivity contribution in [3.05, 3.63) is 23.8 Å². The second kappa shape index (κ2) is 10.7. The number of aromatic hydroxyl groups is 1. The van der Waals surface area contributed by atoms with Crippen molar-refractivity contribution in [1.82, 2.24) is 0 Å². The van der Waals surface area contributed by atoms with E-state index in [1.807, 2.05) is 13.0 Å². The Morgan fingerprint density at radius 3 is 2.67 bits per heavy atom. The van der Waals surface area contributed by atoms with Gasteiger partial charge in [-0.1, -0.05) is 13.0 Å². The van der Waals surface area contributed by atoms with Crippen LogP contribution in [0, 0.1) is 17.2 Å². The third kappa shape index (κ3) is 7.95. The zero-order chi connectivity index (χ0) is 16.3. The van der Waals surface area contributed by atoms with E-state index in [1.165, 1.54) is 6.92 Å². The lowest BCUT2D eigenvalue weighted by Gasteiger charge is -2.10. The van der Waals surface area contributed by atoms with E-state index in [-0.39, 0.29) is 17.5 Å². The van der Waals surface area contributed by atoms with Gasteiger partial charge in [-0.05, 0) is 37.5 Å². The van der Waals surface area contributed by atoms with Crippen LogP contribution < -0.4 is 10.5 Å². The molecule has 0 aliphatic heterocycles. The first kappa shape index (κ1) is 18.9. The van der Waals surface area contributed by atoms with Gasteiger partial charge in [0.2, 0.25) is 0 Å². The van der Waals surface area contributed by atoms with Crippen LogP contribution in [0.25, 0.3) is 0 Å². The first-order chi connectivity index (χ1) is 9.96. The summed E-state index contributed by atoms with van der Waals surface area (Å²) in [5.74, 6) is 0.834. The molecule has 0 aliphatic rings. The fraction of sp³-hybridized carbons (Fsp3) is 0.500. The van der Waals surface area contributed by atoms with Crippen molar-refractivity contribution < 1.29 is 14.6 Å². The van der Waals surface area contributed by atoms with Gasteiger partial charge in [-0.25, -0.2) is 0 Å². The molecule has 0 saturated carbocycles. The van der Waals surface area contributed by atoms with Crippen LogP contribution in [-0.4, -0.2) is 24.0 Å². The van der Waals surface area contributed by atoms with Crippen LogP contribution in [0.4, 0.5) is 0 Å². The highest BCUT2D eigenvalue weighted by Crippen LogP contribution is 2.27. The second-order valence-electron chi connectivity index (χ2n) is 4.71. The van der Waals surface area contributed by atoms with Crippen LogP contribution in [0.2, 0.25) is 0 Å². The molecule has 5 heteroatoms. The van der Waals surface area contributed by atoms with Crippen molar-refractivity contribution in [2.45, 2.75) is 33.6 Å². The van der Waals surface area contributed by atoms with Crippen LogP contribution in [-0.2, 0) is 11.2 Å². The summed E-state index contributed by atoms with van der Waals surface area (Å²) in [5, 5.41) is 16.9. The second-order valence-corrected chi connectivity index (χ2v) is 4.71. The highest BCUT2D eigenvalue weighted by molar-refractivity contribution is 5.77. The number of ketones is 1. The van der Waals surface area contributed by atoms with E-state index >= 15 is 0 Å². The molecule has 0 aromatic heterocycles. The molecule has 0 heterocycles. The van der Waals surface area contributed by atoms with Crippen molar-refractivity contribution in [2.24, 2.45) is 11.7 Å². The number of carbonyl (C=O) groups is 1. The Kier molecular flexibility index (Phi) is 9.65. The maximum absolute atomic E-state index is 11.1. The molecule has 5 nitrogen and oxygen atoms in total. The standard InChI is InChI=1S/C14H21NO3.C2H3N/c1-10(11(2)16)3-4-12-5-6-13(17)14(9-12)18-8-7-15;1-2-3/h5-6,9-10,17H,3-4,7-8,15H2,1-2H3;1H3. The number of nitrogens with two attached hydrogens (primary N) is 1. The summed E-state index contributed by atoms with van der Waals surface area (Å²) in [5.41, 5.74) is 6.40. The zero-order valence-electron chi connectivity index (χ0n) is 12.9. The number of rotatable bonds is 7. The summed E-state index contributed by atoms with van der Waals surface area (Å²) in [6.45, 7) is 5.75. The average molecular weight is 292 g/mol. The molecule has 0 fully saturated rings. The number of phenols is 1. The van der Waals surface area contributed by atoms with Crippen molar-refractivity contribution in [1.29, 1.82) is 5.26 Å². The normalized spacial score (nSPS) is 10.8. The highest BCUT2D eigenvalue weighted by Gasteiger charge is 2.09. The molecule has 0 amide bonds. The fourth-order valence-electron chi connectivity index (χ4n) is 1.58. The molecular weight excluding hydrogens is 268 g/mol.